The van der Waals surface area contributed by atoms with Crippen molar-refractivity contribution in [2.45, 2.75) is 0 Å². The number of hydrogen-bond donors (Lipinski definition) is 10. The van der Waals surface area contributed by atoms with Crippen molar-refractivity contribution in [1.82, 2.24) is 12.3 Å². The van der Waals surface area contributed by atoms with Gasteiger partial charge in [-0.25, -0.2) is 9.13 Å². The molecule has 10 nitrogen and oxygen atoms in total. The predicted octanol–water partition coefficient (Wildman–Crippen LogP) is -0.772. The Morgan fingerprint density at radius 3 is 0.643 bits per heavy atom. The van der Waals surface area contributed by atoms with Crippen LogP contribution in [0, 0.1) is 0 Å². The molecule has 12 N–H and O–H groups in total. The zero-order valence-corrected chi connectivity index (χ0v) is 10.3. The molecule has 0 spiro atoms. The molecule has 0 rings (SSSR count). The van der Waals surface area contributed by atoms with E-state index in [1.54, 1.807) is 0 Å². The molecule has 0 atom stereocenters. The smallest absolute Gasteiger partial charge is 0.344 e. The largest absolute Gasteiger partial charge is 0.466 e. The van der Waals surface area contributed by atoms with Gasteiger partial charge in [-0.15, -0.1) is 23.3 Å². The van der Waals surface area contributed by atoms with Gasteiger partial charge in [-0.1, -0.05) is 0 Å². The number of phosphoric acid groups is 2. The highest BCUT2D eigenvalue weighted by molar-refractivity contribution is 8.59. The Balaban J connectivity index is -0.0000000292. The van der Waals surface area contributed by atoms with E-state index in [1.165, 1.54) is 0 Å². The molecule has 0 unspecified atom stereocenters. The van der Waals surface area contributed by atoms with Gasteiger partial charge in [-0.05, 0) is 0 Å². The molecule has 14 heteroatoms. The first-order valence-corrected chi connectivity index (χ1v) is 6.50. The Labute approximate surface area is 90.2 Å². The lowest BCUT2D eigenvalue weighted by atomic mass is 14.0. The van der Waals surface area contributed by atoms with E-state index in [-0.39, 0.29) is 12.3 Å². The molecule has 0 bridgehead atoms. The lowest BCUT2D eigenvalue weighted by Crippen LogP contribution is -1.66. The van der Waals surface area contributed by atoms with Crippen LogP contribution in [-0.4, -0.2) is 29.4 Å². The highest BCUT2D eigenvalue weighted by Gasteiger charge is 2.00. The van der Waals surface area contributed by atoms with Crippen LogP contribution in [-0.2, 0) is 9.13 Å². The molecule has 0 radical (unpaired) electrons. The van der Waals surface area contributed by atoms with E-state index < -0.39 is 15.6 Å². The maximum atomic E-state index is 8.88. The minimum Gasteiger partial charge on any atom is -0.344 e. The Hall–Kier alpha value is 0.840. The molecule has 0 saturated heterocycles. The van der Waals surface area contributed by atoms with Gasteiger partial charge in [0.15, 0.2) is 0 Å². The molecule has 0 heterocycles. The lowest BCUT2D eigenvalue weighted by molar-refractivity contribution is 0.272. The fourth-order valence-electron chi connectivity index (χ4n) is 0. The summed E-state index contributed by atoms with van der Waals surface area (Å²) in [7, 11) is -9.28. The summed E-state index contributed by atoms with van der Waals surface area (Å²) in [6.07, 6.45) is 0. The van der Waals surface area contributed by atoms with Crippen LogP contribution in [0.15, 0.2) is 0 Å². The Morgan fingerprint density at radius 2 is 0.643 bits per heavy atom. The molecule has 0 amide bonds. The Bertz CT molecular complexity index is 136. The van der Waals surface area contributed by atoms with Crippen molar-refractivity contribution in [3.8, 4) is 0 Å². The summed E-state index contributed by atoms with van der Waals surface area (Å²) in [5.41, 5.74) is 0. The SMILES string of the molecule is N.N.O=P(O)(O)O.O=P(O)(O)O.SS. The van der Waals surface area contributed by atoms with Crippen LogP contribution >= 0.6 is 39.0 Å². The Kier molecular flexibility index (Phi) is 29.0. The van der Waals surface area contributed by atoms with Crippen LogP contribution in [0.3, 0.4) is 0 Å². The van der Waals surface area contributed by atoms with Crippen molar-refractivity contribution in [1.29, 1.82) is 0 Å². The van der Waals surface area contributed by atoms with E-state index in [4.69, 9.17) is 38.5 Å². The van der Waals surface area contributed by atoms with Gasteiger partial charge in [-0.3, -0.25) is 0 Å². The molecule has 0 saturated carbocycles. The molecular weight excluding hydrogens is 282 g/mol. The van der Waals surface area contributed by atoms with Gasteiger partial charge in [0, 0.05) is 0 Å². The second-order valence-electron chi connectivity index (χ2n) is 1.03. The average Bonchev–Trinajstić information content (AvgIpc) is 1.59. The average molecular weight is 296 g/mol. The molecule has 0 fully saturated rings. The van der Waals surface area contributed by atoms with Gasteiger partial charge < -0.3 is 41.7 Å². The zero-order valence-electron chi connectivity index (χ0n) is 6.70. The maximum absolute atomic E-state index is 8.88. The summed E-state index contributed by atoms with van der Waals surface area (Å²) in [5.74, 6) is 0. The minimum atomic E-state index is -4.64. The number of hydrogen-bond acceptors (Lipinski definition) is 6. The monoisotopic (exact) mass is 296 g/mol. The predicted molar refractivity (Wildman–Crippen MR) is 56.5 cm³/mol. The zero-order chi connectivity index (χ0) is 11.0. The standard InChI is InChI=1S/2H3N.2H3O4P.H2S2/c;;2*1-5(2,3)4;1-2/h2*1H3;2*(H3,1,2,3,4);1-2H. The van der Waals surface area contributed by atoms with Crippen molar-refractivity contribution in [2.75, 3.05) is 0 Å². The lowest BCUT2D eigenvalue weighted by Gasteiger charge is -1.82. The van der Waals surface area contributed by atoms with Gasteiger partial charge in [0.25, 0.3) is 0 Å². The molecular formula is H14N2O8P2S2. The quantitative estimate of drug-likeness (QED) is 0.152. The van der Waals surface area contributed by atoms with Crippen LogP contribution in [0.25, 0.3) is 0 Å². The van der Waals surface area contributed by atoms with Crippen molar-refractivity contribution in [3.63, 3.8) is 0 Å². The van der Waals surface area contributed by atoms with E-state index in [0.29, 0.717) is 0 Å². The molecule has 0 aromatic carbocycles. The number of rotatable bonds is 0. The van der Waals surface area contributed by atoms with Gasteiger partial charge in [0.2, 0.25) is 0 Å². The summed E-state index contributed by atoms with van der Waals surface area (Å²) >= 11 is 6.44. The topological polar surface area (TPSA) is 226 Å². The van der Waals surface area contributed by atoms with Gasteiger partial charge in [0.1, 0.15) is 0 Å². The fourth-order valence-corrected chi connectivity index (χ4v) is 0. The third-order valence-corrected chi connectivity index (χ3v) is 0. The summed E-state index contributed by atoms with van der Waals surface area (Å²) in [6, 6.07) is 0. The summed E-state index contributed by atoms with van der Waals surface area (Å²) in [4.78, 5) is 43.1. The molecule has 14 heavy (non-hydrogen) atoms. The minimum absolute atomic E-state index is 0. The molecule has 0 aromatic rings. The van der Waals surface area contributed by atoms with E-state index >= 15 is 0 Å². The molecule has 0 aliphatic carbocycles. The van der Waals surface area contributed by atoms with E-state index in [2.05, 4.69) is 23.3 Å². The first-order valence-electron chi connectivity index (χ1n) is 1.77. The van der Waals surface area contributed by atoms with E-state index in [1.807, 2.05) is 0 Å². The summed E-state index contributed by atoms with van der Waals surface area (Å²) in [5, 5.41) is 0. The number of thiol groups is 2. The van der Waals surface area contributed by atoms with E-state index in [9.17, 15) is 0 Å². The van der Waals surface area contributed by atoms with Crippen molar-refractivity contribution in [2.24, 2.45) is 0 Å². The first-order chi connectivity index (χ1) is 5.00. The molecule has 94 valence electrons. The normalized spacial score (nSPS) is 8.86. The van der Waals surface area contributed by atoms with Crippen molar-refractivity contribution < 1.29 is 38.5 Å². The van der Waals surface area contributed by atoms with E-state index in [0.717, 1.165) is 0 Å². The summed E-state index contributed by atoms with van der Waals surface area (Å²) < 4.78 is 17.8. The second-order valence-corrected chi connectivity index (χ2v) is 3.08. The maximum Gasteiger partial charge on any atom is 0.466 e. The van der Waals surface area contributed by atoms with Crippen molar-refractivity contribution >= 4 is 39.0 Å². The first kappa shape index (κ1) is 29.4. The highest BCUT2D eigenvalue weighted by atomic mass is 33.1. The Morgan fingerprint density at radius 1 is 0.643 bits per heavy atom. The van der Waals surface area contributed by atoms with Crippen LogP contribution < -0.4 is 12.3 Å². The second kappa shape index (κ2) is 13.8. The van der Waals surface area contributed by atoms with Crippen LogP contribution in [0.2, 0.25) is 0 Å². The van der Waals surface area contributed by atoms with Gasteiger partial charge >= 0.3 is 15.6 Å². The molecule has 0 aromatic heterocycles. The summed E-state index contributed by atoms with van der Waals surface area (Å²) in [6.45, 7) is 0. The third-order valence-electron chi connectivity index (χ3n) is 0. The third kappa shape index (κ3) is 2550. The molecule has 0 aliphatic heterocycles. The van der Waals surface area contributed by atoms with Gasteiger partial charge in [0.05, 0.1) is 0 Å². The van der Waals surface area contributed by atoms with Crippen LogP contribution in [0.1, 0.15) is 0 Å². The molecule has 0 aliphatic rings. The van der Waals surface area contributed by atoms with Crippen LogP contribution in [0.4, 0.5) is 0 Å². The highest BCUT2D eigenvalue weighted by Crippen LogP contribution is 2.26. The van der Waals surface area contributed by atoms with Gasteiger partial charge in [-0.2, -0.15) is 0 Å². The van der Waals surface area contributed by atoms with Crippen molar-refractivity contribution in [3.05, 3.63) is 0 Å². The fraction of sp³-hybridized carbons (Fsp3) is 0. The van der Waals surface area contributed by atoms with Crippen LogP contribution in [0.5, 0.6) is 0 Å².